The Morgan fingerprint density at radius 3 is 2.85 bits per heavy atom. The van der Waals surface area contributed by atoms with Gasteiger partial charge in [-0.2, -0.15) is 0 Å². The average Bonchev–Trinajstić information content (AvgIpc) is 2.95. The third kappa shape index (κ3) is 2.98. The van der Waals surface area contributed by atoms with Crippen LogP contribution in [0.15, 0.2) is 24.3 Å². The van der Waals surface area contributed by atoms with Crippen molar-refractivity contribution in [2.24, 2.45) is 5.92 Å². The molecule has 1 heterocycles. The maximum atomic E-state index is 5.83. The van der Waals surface area contributed by atoms with Gasteiger partial charge in [-0.25, -0.2) is 4.68 Å². The van der Waals surface area contributed by atoms with Gasteiger partial charge in [-0.05, 0) is 34.9 Å². The highest BCUT2D eigenvalue weighted by Gasteiger charge is 2.15. The topological polar surface area (TPSA) is 69.6 Å². The predicted molar refractivity (Wildman–Crippen MR) is 78.9 cm³/mol. The minimum atomic E-state index is 0.740. The summed E-state index contributed by atoms with van der Waals surface area (Å²) in [5.41, 5.74) is 7.55. The molecule has 0 unspecified atom stereocenters. The van der Waals surface area contributed by atoms with Gasteiger partial charge in [-0.15, -0.1) is 5.10 Å². The molecule has 3 rings (SSSR count). The Morgan fingerprint density at radius 2 is 2.05 bits per heavy atom. The highest BCUT2D eigenvalue weighted by Crippen LogP contribution is 2.27. The molecule has 1 saturated carbocycles. The number of nitrogens with zero attached hydrogens (tertiary/aromatic N) is 4. The minimum Gasteiger partial charge on any atom is -0.399 e. The van der Waals surface area contributed by atoms with Crippen LogP contribution >= 0.6 is 0 Å². The Balaban J connectivity index is 1.70. The molecule has 0 atom stereocenters. The number of hydrogen-bond donors (Lipinski definition) is 1. The molecule has 0 radical (unpaired) electrons. The quantitative estimate of drug-likeness (QED) is 0.868. The molecular weight excluding hydrogens is 250 g/mol. The molecule has 2 aromatic rings. The van der Waals surface area contributed by atoms with Crippen LogP contribution in [0, 0.1) is 5.92 Å². The summed E-state index contributed by atoms with van der Waals surface area (Å²) in [4.78, 5) is 0. The van der Waals surface area contributed by atoms with E-state index in [1.807, 2.05) is 28.9 Å². The largest absolute Gasteiger partial charge is 0.399 e. The minimum absolute atomic E-state index is 0.740. The van der Waals surface area contributed by atoms with Crippen LogP contribution in [-0.2, 0) is 6.54 Å². The first-order chi connectivity index (χ1) is 9.83. The van der Waals surface area contributed by atoms with Crippen molar-refractivity contribution in [2.45, 2.75) is 45.1 Å². The average molecular weight is 271 g/mol. The summed E-state index contributed by atoms with van der Waals surface area (Å²) in [7, 11) is 0. The molecule has 0 bridgehead atoms. The molecule has 0 amide bonds. The zero-order valence-electron chi connectivity index (χ0n) is 11.7. The van der Waals surface area contributed by atoms with E-state index in [9.17, 15) is 0 Å². The lowest BCUT2D eigenvalue weighted by molar-refractivity contribution is 0.318. The van der Waals surface area contributed by atoms with Crippen LogP contribution in [0.5, 0.6) is 0 Å². The Labute approximate surface area is 119 Å². The van der Waals surface area contributed by atoms with Crippen LogP contribution in [0.1, 0.15) is 38.5 Å². The second kappa shape index (κ2) is 6.03. The molecule has 0 spiro atoms. The molecule has 5 heteroatoms. The highest BCUT2D eigenvalue weighted by molar-refractivity contribution is 5.60. The van der Waals surface area contributed by atoms with Crippen LogP contribution < -0.4 is 5.73 Å². The number of hydrogen-bond acceptors (Lipinski definition) is 4. The van der Waals surface area contributed by atoms with Gasteiger partial charge in [0.15, 0.2) is 5.82 Å². The van der Waals surface area contributed by atoms with E-state index in [0.29, 0.717) is 0 Å². The molecule has 0 saturated heterocycles. The van der Waals surface area contributed by atoms with E-state index < -0.39 is 0 Å². The number of nitrogens with two attached hydrogens (primary N) is 1. The van der Waals surface area contributed by atoms with E-state index in [-0.39, 0.29) is 0 Å². The van der Waals surface area contributed by atoms with Crippen molar-refractivity contribution in [3.8, 4) is 11.4 Å². The van der Waals surface area contributed by atoms with Crippen LogP contribution in [0.2, 0.25) is 0 Å². The first-order valence-corrected chi connectivity index (χ1v) is 7.45. The predicted octanol–water partition coefficient (Wildman–Crippen LogP) is 2.89. The number of anilines is 1. The van der Waals surface area contributed by atoms with E-state index in [1.165, 1.54) is 38.5 Å². The van der Waals surface area contributed by atoms with Gasteiger partial charge in [-0.1, -0.05) is 44.2 Å². The maximum Gasteiger partial charge on any atom is 0.182 e. The zero-order valence-corrected chi connectivity index (χ0v) is 11.7. The third-order valence-corrected chi connectivity index (χ3v) is 4.15. The Bertz CT molecular complexity index is 557. The summed E-state index contributed by atoms with van der Waals surface area (Å²) in [6, 6.07) is 7.73. The second-order valence-corrected chi connectivity index (χ2v) is 5.64. The van der Waals surface area contributed by atoms with Crippen molar-refractivity contribution in [1.29, 1.82) is 0 Å². The van der Waals surface area contributed by atoms with Gasteiger partial charge in [0.25, 0.3) is 0 Å². The Kier molecular flexibility index (Phi) is 3.95. The molecule has 1 aliphatic carbocycles. The first kappa shape index (κ1) is 13.1. The number of tetrazole rings is 1. The summed E-state index contributed by atoms with van der Waals surface area (Å²) in [5.74, 6) is 1.65. The fourth-order valence-corrected chi connectivity index (χ4v) is 3.02. The fourth-order valence-electron chi connectivity index (χ4n) is 3.02. The molecule has 1 fully saturated rings. The van der Waals surface area contributed by atoms with Gasteiger partial charge in [0.05, 0.1) is 0 Å². The molecule has 1 aromatic carbocycles. The standard InChI is InChI=1S/C15H21N5/c16-14-8-4-7-13(11-14)15-17-18-19-20(15)10-9-12-5-2-1-3-6-12/h4,7-8,11-12H,1-3,5-6,9-10,16H2. The number of rotatable bonds is 4. The van der Waals surface area contributed by atoms with Gasteiger partial charge in [-0.3, -0.25) is 0 Å². The van der Waals surface area contributed by atoms with Crippen molar-refractivity contribution in [1.82, 2.24) is 20.2 Å². The molecule has 20 heavy (non-hydrogen) atoms. The zero-order chi connectivity index (χ0) is 13.8. The van der Waals surface area contributed by atoms with Gasteiger partial charge in [0.2, 0.25) is 0 Å². The fraction of sp³-hybridized carbons (Fsp3) is 0.533. The maximum absolute atomic E-state index is 5.83. The second-order valence-electron chi connectivity index (χ2n) is 5.64. The molecule has 5 nitrogen and oxygen atoms in total. The van der Waals surface area contributed by atoms with Crippen LogP contribution in [0.4, 0.5) is 5.69 Å². The van der Waals surface area contributed by atoms with Crippen LogP contribution in [0.3, 0.4) is 0 Å². The monoisotopic (exact) mass is 271 g/mol. The summed E-state index contributed by atoms with van der Waals surface area (Å²) in [5, 5.41) is 12.1. The van der Waals surface area contributed by atoms with Crippen molar-refractivity contribution >= 4 is 5.69 Å². The summed E-state index contributed by atoms with van der Waals surface area (Å²) < 4.78 is 1.91. The van der Waals surface area contributed by atoms with Crippen molar-refractivity contribution in [3.63, 3.8) is 0 Å². The van der Waals surface area contributed by atoms with E-state index in [4.69, 9.17) is 5.73 Å². The SMILES string of the molecule is Nc1cccc(-c2nnnn2CCC2CCCCC2)c1. The molecule has 0 aliphatic heterocycles. The van der Waals surface area contributed by atoms with Gasteiger partial charge >= 0.3 is 0 Å². The van der Waals surface area contributed by atoms with E-state index in [2.05, 4.69) is 15.5 Å². The third-order valence-electron chi connectivity index (χ3n) is 4.15. The Hall–Kier alpha value is -1.91. The molecule has 106 valence electrons. The summed E-state index contributed by atoms with van der Waals surface area (Å²) >= 11 is 0. The summed E-state index contributed by atoms with van der Waals surface area (Å²) in [6.45, 7) is 0.891. The van der Waals surface area contributed by atoms with Crippen molar-refractivity contribution < 1.29 is 0 Å². The van der Waals surface area contributed by atoms with Crippen LogP contribution in [-0.4, -0.2) is 20.2 Å². The smallest absolute Gasteiger partial charge is 0.182 e. The van der Waals surface area contributed by atoms with Gasteiger partial charge in [0, 0.05) is 17.8 Å². The summed E-state index contributed by atoms with van der Waals surface area (Å²) in [6.07, 6.45) is 8.03. The van der Waals surface area contributed by atoms with E-state index >= 15 is 0 Å². The molecule has 1 aromatic heterocycles. The van der Waals surface area contributed by atoms with Crippen molar-refractivity contribution in [2.75, 3.05) is 5.73 Å². The first-order valence-electron chi connectivity index (χ1n) is 7.45. The lowest BCUT2D eigenvalue weighted by Crippen LogP contribution is -2.11. The number of benzene rings is 1. The number of aromatic nitrogens is 4. The van der Waals surface area contributed by atoms with Gasteiger partial charge in [0.1, 0.15) is 0 Å². The molecule has 2 N–H and O–H groups in total. The lowest BCUT2D eigenvalue weighted by Gasteiger charge is -2.21. The van der Waals surface area contributed by atoms with Gasteiger partial charge < -0.3 is 5.73 Å². The molecular formula is C15H21N5. The van der Waals surface area contributed by atoms with Crippen molar-refractivity contribution in [3.05, 3.63) is 24.3 Å². The van der Waals surface area contributed by atoms with Crippen LogP contribution in [0.25, 0.3) is 11.4 Å². The highest BCUT2D eigenvalue weighted by atomic mass is 15.5. The molecule has 1 aliphatic rings. The lowest BCUT2D eigenvalue weighted by atomic mass is 9.87. The van der Waals surface area contributed by atoms with E-state index in [0.717, 1.165) is 29.5 Å². The number of nitrogen functional groups attached to an aromatic ring is 1. The Morgan fingerprint density at radius 1 is 1.20 bits per heavy atom. The number of aryl methyl sites for hydroxylation is 1. The normalized spacial score (nSPS) is 16.4. The van der Waals surface area contributed by atoms with E-state index in [1.54, 1.807) is 0 Å².